The van der Waals surface area contributed by atoms with Crippen LogP contribution in [0.15, 0.2) is 53.4 Å². The highest BCUT2D eigenvalue weighted by Gasteiger charge is 2.31. The number of pyridine rings is 1. The number of rotatable bonds is 3. The van der Waals surface area contributed by atoms with Crippen LogP contribution in [-0.4, -0.2) is 38.4 Å². The van der Waals surface area contributed by atoms with E-state index in [1.54, 1.807) is 11.3 Å². The van der Waals surface area contributed by atoms with Gasteiger partial charge in [-0.15, -0.1) is 22.7 Å². The summed E-state index contributed by atoms with van der Waals surface area (Å²) < 4.78 is 2.23. The van der Waals surface area contributed by atoms with Gasteiger partial charge in [-0.3, -0.25) is 4.79 Å². The third-order valence-electron chi connectivity index (χ3n) is 4.74. The molecular formula is C19H16N4OS2. The van der Waals surface area contributed by atoms with Crippen LogP contribution in [0.3, 0.4) is 0 Å². The first kappa shape index (κ1) is 15.7. The molecule has 0 bridgehead atoms. The molecular weight excluding hydrogens is 364 g/mol. The number of likely N-dealkylation sites (tertiary alicyclic amines) is 1. The molecule has 1 aliphatic rings. The first-order valence-corrected chi connectivity index (χ1v) is 10.3. The van der Waals surface area contributed by atoms with Gasteiger partial charge >= 0.3 is 0 Å². The number of amides is 1. The highest BCUT2D eigenvalue weighted by molar-refractivity contribution is 7.13. The van der Waals surface area contributed by atoms with Gasteiger partial charge in [-0.05, 0) is 41.4 Å². The van der Waals surface area contributed by atoms with Crippen molar-refractivity contribution in [3.05, 3.63) is 58.2 Å². The SMILES string of the molecule is O=C(c1cccs1)N1CC[C@H](n2c(-c3cccs3)nc3cccnc32)C1. The third-order valence-corrected chi connectivity index (χ3v) is 6.46. The van der Waals surface area contributed by atoms with Gasteiger partial charge in [-0.1, -0.05) is 12.1 Å². The Bertz CT molecular complexity index is 1050. The number of nitrogens with zero attached hydrogens (tertiary/aromatic N) is 4. The van der Waals surface area contributed by atoms with Gasteiger partial charge in [0.1, 0.15) is 5.52 Å². The molecule has 26 heavy (non-hydrogen) atoms. The lowest BCUT2D eigenvalue weighted by Gasteiger charge is -2.18. The summed E-state index contributed by atoms with van der Waals surface area (Å²) in [5, 5.41) is 4.01. The zero-order valence-electron chi connectivity index (χ0n) is 13.9. The number of carbonyl (C=O) groups excluding carboxylic acids is 1. The van der Waals surface area contributed by atoms with Gasteiger partial charge in [0, 0.05) is 19.3 Å². The zero-order chi connectivity index (χ0) is 17.5. The molecule has 5 nitrogen and oxygen atoms in total. The Morgan fingerprint density at radius 2 is 2.00 bits per heavy atom. The smallest absolute Gasteiger partial charge is 0.263 e. The van der Waals surface area contributed by atoms with Crippen molar-refractivity contribution in [2.45, 2.75) is 12.5 Å². The van der Waals surface area contributed by atoms with E-state index in [0.717, 1.165) is 39.7 Å². The summed E-state index contributed by atoms with van der Waals surface area (Å²) in [5.41, 5.74) is 1.80. The van der Waals surface area contributed by atoms with Gasteiger partial charge in [0.2, 0.25) is 0 Å². The summed E-state index contributed by atoms with van der Waals surface area (Å²) in [5.74, 6) is 1.07. The maximum atomic E-state index is 12.7. The van der Waals surface area contributed by atoms with Gasteiger partial charge < -0.3 is 9.47 Å². The fourth-order valence-electron chi connectivity index (χ4n) is 3.55. The Hall–Kier alpha value is -2.51. The molecule has 1 saturated heterocycles. The van der Waals surface area contributed by atoms with Crippen LogP contribution in [0.25, 0.3) is 21.9 Å². The van der Waals surface area contributed by atoms with Crippen molar-refractivity contribution in [2.75, 3.05) is 13.1 Å². The fraction of sp³-hybridized carbons (Fsp3) is 0.211. The minimum atomic E-state index is 0.123. The number of carbonyl (C=O) groups is 1. The average Bonchev–Trinajstić information content (AvgIpc) is 3.47. The van der Waals surface area contributed by atoms with Gasteiger partial charge in [0.05, 0.1) is 15.8 Å². The summed E-state index contributed by atoms with van der Waals surface area (Å²) in [7, 11) is 0. The maximum absolute atomic E-state index is 12.7. The molecule has 130 valence electrons. The quantitative estimate of drug-likeness (QED) is 0.532. The molecule has 5 rings (SSSR count). The van der Waals surface area contributed by atoms with E-state index in [-0.39, 0.29) is 11.9 Å². The van der Waals surface area contributed by atoms with E-state index < -0.39 is 0 Å². The molecule has 0 unspecified atom stereocenters. The fourth-order valence-corrected chi connectivity index (χ4v) is 4.95. The molecule has 0 N–H and O–H groups in total. The lowest BCUT2D eigenvalue weighted by Crippen LogP contribution is -2.28. The van der Waals surface area contributed by atoms with Crippen molar-refractivity contribution in [1.82, 2.24) is 19.4 Å². The normalized spacial score (nSPS) is 17.2. The van der Waals surface area contributed by atoms with Crippen molar-refractivity contribution in [3.63, 3.8) is 0 Å². The number of aromatic nitrogens is 3. The van der Waals surface area contributed by atoms with Crippen LogP contribution in [0.5, 0.6) is 0 Å². The molecule has 0 spiro atoms. The maximum Gasteiger partial charge on any atom is 0.263 e. The summed E-state index contributed by atoms with van der Waals surface area (Å²) in [6.45, 7) is 1.45. The molecule has 1 atom stereocenters. The van der Waals surface area contributed by atoms with Gasteiger partial charge in [0.25, 0.3) is 5.91 Å². The first-order chi connectivity index (χ1) is 12.8. The van der Waals surface area contributed by atoms with Crippen molar-refractivity contribution >= 4 is 39.7 Å². The summed E-state index contributed by atoms with van der Waals surface area (Å²) in [4.78, 5) is 26.0. The minimum absolute atomic E-state index is 0.123. The highest BCUT2D eigenvalue weighted by atomic mass is 32.1. The van der Waals surface area contributed by atoms with Crippen molar-refractivity contribution < 1.29 is 4.79 Å². The van der Waals surface area contributed by atoms with Gasteiger partial charge in [-0.25, -0.2) is 9.97 Å². The molecule has 0 saturated carbocycles. The molecule has 4 aromatic rings. The van der Waals surface area contributed by atoms with Crippen LogP contribution < -0.4 is 0 Å². The number of hydrogen-bond donors (Lipinski definition) is 0. The van der Waals surface area contributed by atoms with Crippen LogP contribution >= 0.6 is 22.7 Å². The lowest BCUT2D eigenvalue weighted by molar-refractivity contribution is 0.0792. The van der Waals surface area contributed by atoms with Crippen LogP contribution in [-0.2, 0) is 0 Å². The summed E-state index contributed by atoms with van der Waals surface area (Å²) in [6, 6.07) is 12.1. The zero-order valence-corrected chi connectivity index (χ0v) is 15.5. The van der Waals surface area contributed by atoms with Crippen LogP contribution in [0, 0.1) is 0 Å². The average molecular weight is 380 g/mol. The van der Waals surface area contributed by atoms with E-state index in [9.17, 15) is 4.79 Å². The minimum Gasteiger partial charge on any atom is -0.336 e. The molecule has 1 aliphatic heterocycles. The highest BCUT2D eigenvalue weighted by Crippen LogP contribution is 2.34. The van der Waals surface area contributed by atoms with Crippen LogP contribution in [0.2, 0.25) is 0 Å². The van der Waals surface area contributed by atoms with Crippen LogP contribution in [0.4, 0.5) is 0 Å². The second kappa shape index (κ2) is 6.34. The molecule has 1 fully saturated rings. The van der Waals surface area contributed by atoms with Crippen LogP contribution in [0.1, 0.15) is 22.1 Å². The second-order valence-corrected chi connectivity index (χ2v) is 8.20. The molecule has 1 amide bonds. The number of fused-ring (bicyclic) bond motifs is 1. The van der Waals surface area contributed by atoms with Gasteiger partial charge in [-0.2, -0.15) is 0 Å². The molecule has 0 aromatic carbocycles. The third kappa shape index (κ3) is 2.55. The number of hydrogen-bond acceptors (Lipinski definition) is 5. The second-order valence-electron chi connectivity index (χ2n) is 6.30. The Kier molecular flexibility index (Phi) is 3.83. The predicted octanol–water partition coefficient (Wildman–Crippen LogP) is 4.31. The standard InChI is InChI=1S/C19H16N4OS2/c24-19(16-6-3-11-26-16)22-9-7-13(12-22)23-17-14(4-1-8-20-17)21-18(23)15-5-2-10-25-15/h1-6,8,10-11,13H,7,9,12H2/t13-/m0/s1. The lowest BCUT2D eigenvalue weighted by atomic mass is 10.2. The molecule has 0 radical (unpaired) electrons. The Labute approximate surface area is 158 Å². The Balaban J connectivity index is 1.53. The van der Waals surface area contributed by atoms with E-state index in [1.165, 1.54) is 11.3 Å². The number of thiophene rings is 2. The number of imidazole rings is 1. The topological polar surface area (TPSA) is 51.0 Å². The first-order valence-electron chi connectivity index (χ1n) is 8.51. The van der Waals surface area contributed by atoms with Gasteiger partial charge in [0.15, 0.2) is 11.5 Å². The van der Waals surface area contributed by atoms with Crippen molar-refractivity contribution in [3.8, 4) is 10.7 Å². The Morgan fingerprint density at radius 3 is 2.81 bits per heavy atom. The Morgan fingerprint density at radius 1 is 1.12 bits per heavy atom. The van der Waals surface area contributed by atoms with E-state index in [2.05, 4.69) is 21.0 Å². The molecule has 4 aromatic heterocycles. The van der Waals surface area contributed by atoms with Crippen molar-refractivity contribution in [2.24, 2.45) is 0 Å². The summed E-state index contributed by atoms with van der Waals surface area (Å²) in [6.07, 6.45) is 2.72. The molecule has 0 aliphatic carbocycles. The monoisotopic (exact) mass is 380 g/mol. The van der Waals surface area contributed by atoms with Crippen molar-refractivity contribution in [1.29, 1.82) is 0 Å². The molecule has 7 heteroatoms. The largest absolute Gasteiger partial charge is 0.336 e. The van der Waals surface area contributed by atoms with E-state index in [1.807, 2.05) is 46.8 Å². The predicted molar refractivity (Wildman–Crippen MR) is 105 cm³/mol. The van der Waals surface area contributed by atoms with E-state index in [0.29, 0.717) is 6.54 Å². The summed E-state index contributed by atoms with van der Waals surface area (Å²) >= 11 is 3.18. The molecule has 5 heterocycles. The van der Waals surface area contributed by atoms with E-state index >= 15 is 0 Å². The van der Waals surface area contributed by atoms with E-state index in [4.69, 9.17) is 4.98 Å².